The maximum absolute atomic E-state index is 13.2. The number of likely N-dealkylation sites (N-methyl/N-ethyl adjacent to an activating group) is 1. The molecule has 0 spiro atoms. The van der Waals surface area contributed by atoms with E-state index in [1.54, 1.807) is 12.1 Å². The Labute approximate surface area is 187 Å². The molecule has 1 aromatic rings. The molecule has 1 aromatic carbocycles. The molecule has 8 heteroatoms. The lowest BCUT2D eigenvalue weighted by Crippen LogP contribution is -2.49. The maximum Gasteiger partial charge on any atom is 0.242 e. The van der Waals surface area contributed by atoms with Crippen LogP contribution < -0.4 is 5.32 Å². The third-order valence-corrected chi connectivity index (χ3v) is 6.30. The van der Waals surface area contributed by atoms with Gasteiger partial charge in [-0.2, -0.15) is 0 Å². The molecule has 1 heterocycles. The number of benzene rings is 1. The van der Waals surface area contributed by atoms with Gasteiger partial charge in [-0.25, -0.2) is 0 Å². The number of likely N-dealkylation sites (tertiary alicyclic amines) is 1. The molecule has 1 saturated heterocycles. The van der Waals surface area contributed by atoms with Gasteiger partial charge in [0.1, 0.15) is 6.04 Å². The Balaban J connectivity index is 1.73. The number of carbonyl (C=O) groups is 4. The molecule has 0 bridgehead atoms. The van der Waals surface area contributed by atoms with Crippen molar-refractivity contribution in [3.63, 3.8) is 0 Å². The Morgan fingerprint density at radius 1 is 1.13 bits per heavy atom. The summed E-state index contributed by atoms with van der Waals surface area (Å²) in [6, 6.07) is 6.44. The van der Waals surface area contributed by atoms with Crippen molar-refractivity contribution in [2.75, 3.05) is 13.6 Å². The number of imide groups is 1. The van der Waals surface area contributed by atoms with E-state index in [1.165, 1.54) is 16.8 Å². The number of amides is 4. The number of nitrogens with one attached hydrogen (secondary N) is 1. The van der Waals surface area contributed by atoms with Crippen molar-refractivity contribution in [2.24, 2.45) is 11.8 Å². The second kappa shape index (κ2) is 10.1. The molecule has 166 valence electrons. The van der Waals surface area contributed by atoms with Gasteiger partial charge in [0.15, 0.2) is 0 Å². The topological polar surface area (TPSA) is 86.8 Å². The molecule has 1 aliphatic heterocycles. The van der Waals surface area contributed by atoms with Crippen LogP contribution in [0, 0.1) is 11.8 Å². The van der Waals surface area contributed by atoms with E-state index in [-0.39, 0.29) is 55.0 Å². The van der Waals surface area contributed by atoms with Gasteiger partial charge in [-0.1, -0.05) is 42.8 Å². The summed E-state index contributed by atoms with van der Waals surface area (Å²) in [5.74, 6) is -1.56. The first-order valence-corrected chi connectivity index (χ1v) is 11.0. The quantitative estimate of drug-likeness (QED) is 0.492. The molecule has 1 aliphatic carbocycles. The van der Waals surface area contributed by atoms with Gasteiger partial charge < -0.3 is 10.2 Å². The van der Waals surface area contributed by atoms with Crippen molar-refractivity contribution < 1.29 is 19.2 Å². The minimum Gasteiger partial charge on any atom is -0.357 e. The van der Waals surface area contributed by atoms with Gasteiger partial charge >= 0.3 is 0 Å². The summed E-state index contributed by atoms with van der Waals surface area (Å²) in [5, 5.41) is 3.20. The molecule has 3 atom stereocenters. The van der Waals surface area contributed by atoms with Crippen LogP contribution in [0.3, 0.4) is 0 Å². The molecule has 31 heavy (non-hydrogen) atoms. The molecule has 0 saturated carbocycles. The molecule has 0 aromatic heterocycles. The van der Waals surface area contributed by atoms with E-state index in [2.05, 4.69) is 5.32 Å². The highest BCUT2D eigenvalue weighted by Gasteiger charge is 2.47. The molecule has 4 amide bonds. The molecule has 0 radical (unpaired) electrons. The normalized spacial score (nSPS) is 21.1. The number of halogens is 1. The highest BCUT2D eigenvalue weighted by molar-refractivity contribution is 6.30. The van der Waals surface area contributed by atoms with E-state index < -0.39 is 6.04 Å². The summed E-state index contributed by atoms with van der Waals surface area (Å²) in [6.07, 6.45) is 5.42. The molecule has 0 unspecified atom stereocenters. The minimum atomic E-state index is -0.648. The largest absolute Gasteiger partial charge is 0.357 e. The first kappa shape index (κ1) is 23.0. The van der Waals surface area contributed by atoms with Gasteiger partial charge in [-0.15, -0.1) is 0 Å². The highest BCUT2D eigenvalue weighted by atomic mass is 35.5. The van der Waals surface area contributed by atoms with Crippen LogP contribution >= 0.6 is 11.6 Å². The fraction of sp³-hybridized carbons (Fsp3) is 0.478. The zero-order chi connectivity index (χ0) is 22.5. The average Bonchev–Trinajstić information content (AvgIpc) is 3.03. The van der Waals surface area contributed by atoms with E-state index in [0.717, 1.165) is 5.56 Å². The molecule has 1 N–H and O–H groups in total. The fourth-order valence-electron chi connectivity index (χ4n) is 4.31. The average molecular weight is 446 g/mol. The molecule has 3 rings (SSSR count). The van der Waals surface area contributed by atoms with E-state index in [9.17, 15) is 19.2 Å². The zero-order valence-corrected chi connectivity index (χ0v) is 18.6. The van der Waals surface area contributed by atoms with Crippen LogP contribution in [-0.2, 0) is 25.7 Å². The standard InChI is InChI=1S/C23H28ClN3O4/c1-3-19(21(29)25-2)27(14-15-8-10-16(24)11-9-15)20(28)12-13-26-22(30)17-6-4-5-7-18(17)23(26)31/h4-5,8-11,17-19H,3,6-7,12-14H2,1-2H3,(H,25,29)/t17-,18+,19-/m0/s1. The summed E-state index contributed by atoms with van der Waals surface area (Å²) in [4.78, 5) is 53.7. The van der Waals surface area contributed by atoms with E-state index >= 15 is 0 Å². The van der Waals surface area contributed by atoms with Crippen LogP contribution in [0.15, 0.2) is 36.4 Å². The molecule has 7 nitrogen and oxygen atoms in total. The Kier molecular flexibility index (Phi) is 7.49. The summed E-state index contributed by atoms with van der Waals surface area (Å²) in [6.45, 7) is 2.11. The van der Waals surface area contributed by atoms with Crippen LogP contribution in [0.4, 0.5) is 0 Å². The summed E-state index contributed by atoms with van der Waals surface area (Å²) in [7, 11) is 1.54. The summed E-state index contributed by atoms with van der Waals surface area (Å²) >= 11 is 5.96. The Bertz CT molecular complexity index is 857. The van der Waals surface area contributed by atoms with Crippen molar-refractivity contribution in [3.8, 4) is 0 Å². The Morgan fingerprint density at radius 2 is 1.71 bits per heavy atom. The lowest BCUT2D eigenvalue weighted by molar-refractivity contribution is -0.144. The van der Waals surface area contributed by atoms with Gasteiger partial charge in [-0.05, 0) is 37.0 Å². The molecular formula is C23H28ClN3O4. The second-order valence-corrected chi connectivity index (χ2v) is 8.36. The third kappa shape index (κ3) is 4.98. The third-order valence-electron chi connectivity index (χ3n) is 6.05. The molecule has 2 aliphatic rings. The van der Waals surface area contributed by atoms with Gasteiger partial charge in [0.05, 0.1) is 11.8 Å². The number of hydrogen-bond donors (Lipinski definition) is 1. The predicted molar refractivity (Wildman–Crippen MR) is 117 cm³/mol. The number of fused-ring (bicyclic) bond motifs is 1. The monoisotopic (exact) mass is 445 g/mol. The van der Waals surface area contributed by atoms with Gasteiger partial charge in [0.2, 0.25) is 23.6 Å². The van der Waals surface area contributed by atoms with Crippen molar-refractivity contribution >= 4 is 35.2 Å². The van der Waals surface area contributed by atoms with Crippen molar-refractivity contribution in [1.82, 2.24) is 15.1 Å². The number of carbonyl (C=O) groups excluding carboxylic acids is 4. The first-order valence-electron chi connectivity index (χ1n) is 10.6. The van der Waals surface area contributed by atoms with Gasteiger partial charge in [0, 0.05) is 31.6 Å². The first-order chi connectivity index (χ1) is 14.9. The number of hydrogen-bond acceptors (Lipinski definition) is 4. The van der Waals surface area contributed by atoms with Gasteiger partial charge in [0.25, 0.3) is 0 Å². The van der Waals surface area contributed by atoms with Crippen molar-refractivity contribution in [1.29, 1.82) is 0 Å². The number of allylic oxidation sites excluding steroid dienone is 2. The van der Waals surface area contributed by atoms with Crippen LogP contribution in [0.2, 0.25) is 5.02 Å². The van der Waals surface area contributed by atoms with Crippen molar-refractivity contribution in [2.45, 2.75) is 45.2 Å². The van der Waals surface area contributed by atoms with Crippen molar-refractivity contribution in [3.05, 3.63) is 47.0 Å². The van der Waals surface area contributed by atoms with Crippen LogP contribution in [0.5, 0.6) is 0 Å². The number of rotatable bonds is 8. The van der Waals surface area contributed by atoms with Crippen LogP contribution in [0.1, 0.15) is 38.2 Å². The lowest BCUT2D eigenvalue weighted by Gasteiger charge is -2.30. The van der Waals surface area contributed by atoms with E-state index in [4.69, 9.17) is 11.6 Å². The van der Waals surface area contributed by atoms with Crippen LogP contribution in [-0.4, -0.2) is 53.1 Å². The summed E-state index contributed by atoms with van der Waals surface area (Å²) in [5.41, 5.74) is 0.838. The fourth-order valence-corrected chi connectivity index (χ4v) is 4.44. The second-order valence-electron chi connectivity index (χ2n) is 7.92. The highest BCUT2D eigenvalue weighted by Crippen LogP contribution is 2.35. The predicted octanol–water partition coefficient (Wildman–Crippen LogP) is 2.53. The number of nitrogens with zero attached hydrogens (tertiary/aromatic N) is 2. The van der Waals surface area contributed by atoms with E-state index in [0.29, 0.717) is 24.3 Å². The Morgan fingerprint density at radius 3 is 2.23 bits per heavy atom. The Hall–Kier alpha value is -2.67. The minimum absolute atomic E-state index is 0.0224. The zero-order valence-electron chi connectivity index (χ0n) is 17.8. The smallest absolute Gasteiger partial charge is 0.242 e. The van der Waals surface area contributed by atoms with Crippen LogP contribution in [0.25, 0.3) is 0 Å². The lowest BCUT2D eigenvalue weighted by atomic mass is 9.85. The molecular weight excluding hydrogens is 418 g/mol. The van der Waals surface area contributed by atoms with Gasteiger partial charge in [-0.3, -0.25) is 24.1 Å². The SMILES string of the molecule is CC[C@@H](C(=O)NC)N(Cc1ccc(Cl)cc1)C(=O)CCN1C(=O)[C@H]2CC=CC[C@H]2C1=O. The maximum atomic E-state index is 13.2. The summed E-state index contributed by atoms with van der Waals surface area (Å²) < 4.78 is 0. The molecule has 1 fully saturated rings. The van der Waals surface area contributed by atoms with E-state index in [1.807, 2.05) is 31.2 Å².